The van der Waals surface area contributed by atoms with Crippen molar-refractivity contribution >= 4 is 29.5 Å². The number of methoxy groups -OCH3 is 1. The zero-order valence-corrected chi connectivity index (χ0v) is 15.8. The molecule has 0 bridgehead atoms. The second-order valence-corrected chi connectivity index (χ2v) is 7.78. The fraction of sp³-hybridized carbons (Fsp3) is 0.500. The number of hydrogen-bond acceptors (Lipinski definition) is 6. The summed E-state index contributed by atoms with van der Waals surface area (Å²) in [4.78, 5) is 39.6. The molecule has 8 heteroatoms. The first-order chi connectivity index (χ1) is 12.4. The van der Waals surface area contributed by atoms with Crippen molar-refractivity contribution in [1.29, 1.82) is 0 Å². The van der Waals surface area contributed by atoms with Crippen LogP contribution in [-0.2, 0) is 19.1 Å². The van der Waals surface area contributed by atoms with Crippen LogP contribution in [0.1, 0.15) is 18.0 Å². The predicted molar refractivity (Wildman–Crippen MR) is 95.3 cm³/mol. The molecule has 2 aliphatic rings. The number of nitrogens with zero attached hydrogens (tertiary/aromatic N) is 1. The number of ether oxygens (including phenoxy) is 1. The van der Waals surface area contributed by atoms with Crippen LogP contribution in [0.5, 0.6) is 5.75 Å². The van der Waals surface area contributed by atoms with Gasteiger partial charge in [-0.15, -0.1) is 0 Å². The van der Waals surface area contributed by atoms with E-state index in [0.717, 1.165) is 10.5 Å². The van der Waals surface area contributed by atoms with Gasteiger partial charge in [0, 0.05) is 19.0 Å². The van der Waals surface area contributed by atoms with E-state index in [0.29, 0.717) is 12.2 Å². The van der Waals surface area contributed by atoms with E-state index in [1.807, 2.05) is 11.6 Å². The lowest BCUT2D eigenvalue weighted by molar-refractivity contribution is -0.734. The number of imide groups is 1. The van der Waals surface area contributed by atoms with Gasteiger partial charge in [0.1, 0.15) is 23.6 Å². The minimum Gasteiger partial charge on any atom is -0.508 e. The van der Waals surface area contributed by atoms with Crippen molar-refractivity contribution in [3.05, 3.63) is 29.8 Å². The summed E-state index contributed by atoms with van der Waals surface area (Å²) in [6, 6.07) is 6.16. The average Bonchev–Trinajstić information content (AvgIpc) is 3.10. The number of quaternary nitrogens is 1. The van der Waals surface area contributed by atoms with Crippen LogP contribution in [0.15, 0.2) is 24.3 Å². The highest BCUT2D eigenvalue weighted by molar-refractivity contribution is 7.98. The molecule has 0 aromatic heterocycles. The maximum atomic E-state index is 12.9. The quantitative estimate of drug-likeness (QED) is 0.548. The summed E-state index contributed by atoms with van der Waals surface area (Å²) in [7, 11) is 2.78. The molecule has 2 aliphatic heterocycles. The van der Waals surface area contributed by atoms with Gasteiger partial charge < -0.3 is 15.2 Å². The Morgan fingerprint density at radius 2 is 1.96 bits per heavy atom. The molecule has 7 nitrogen and oxygen atoms in total. The van der Waals surface area contributed by atoms with Crippen molar-refractivity contribution in [3.8, 4) is 5.75 Å². The molecule has 2 amide bonds. The summed E-state index contributed by atoms with van der Waals surface area (Å²) in [5.41, 5.74) is -0.327. The van der Waals surface area contributed by atoms with Crippen molar-refractivity contribution in [2.75, 3.05) is 26.2 Å². The summed E-state index contributed by atoms with van der Waals surface area (Å²) in [5, 5.41) is 11.4. The standard InChI is InChI=1S/C18H22N2O5S/c1-20-15(22)12-13(16(20)23)18(8-9-26-3,17(24)25-2)19-14(12)10-4-6-11(21)7-5-10/h4-7,12-14,19,21H,8-9H2,1-3H3/p+1/t12-,13+,14+,18+/m0/s1. The maximum absolute atomic E-state index is 12.9. The molecule has 3 N–H and O–H groups in total. The first kappa shape index (κ1) is 18.7. The zero-order chi connectivity index (χ0) is 19.1. The van der Waals surface area contributed by atoms with Crippen molar-refractivity contribution in [3.63, 3.8) is 0 Å². The molecule has 0 unspecified atom stereocenters. The number of carbonyl (C=O) groups excluding carboxylic acids is 3. The number of aromatic hydroxyl groups is 1. The fourth-order valence-electron chi connectivity index (χ4n) is 4.26. The second-order valence-electron chi connectivity index (χ2n) is 6.80. The number of amides is 2. The van der Waals surface area contributed by atoms with Gasteiger partial charge in [-0.05, 0) is 36.3 Å². The minimum atomic E-state index is -1.12. The lowest BCUT2D eigenvalue weighted by Crippen LogP contribution is -2.98. The molecule has 0 radical (unpaired) electrons. The van der Waals surface area contributed by atoms with E-state index < -0.39 is 23.3 Å². The number of phenolic OH excluding ortho intramolecular Hbond substituents is 1. The first-order valence-corrected chi connectivity index (χ1v) is 9.80. The van der Waals surface area contributed by atoms with Crippen LogP contribution in [-0.4, -0.2) is 59.5 Å². The Morgan fingerprint density at radius 3 is 2.54 bits per heavy atom. The van der Waals surface area contributed by atoms with Gasteiger partial charge in [0.05, 0.1) is 7.11 Å². The van der Waals surface area contributed by atoms with E-state index >= 15 is 0 Å². The molecule has 4 atom stereocenters. The highest BCUT2D eigenvalue weighted by atomic mass is 32.2. The van der Waals surface area contributed by atoms with Gasteiger partial charge in [-0.3, -0.25) is 14.5 Å². The SMILES string of the molecule is COC(=O)[C@]1(CCSC)[NH2+][C@H](c2ccc(O)cc2)[C@H]2C(=O)N(C)C(=O)[C@@H]21. The van der Waals surface area contributed by atoms with Crippen LogP contribution < -0.4 is 5.32 Å². The van der Waals surface area contributed by atoms with Crippen molar-refractivity contribution in [2.24, 2.45) is 11.8 Å². The number of carbonyl (C=O) groups is 3. The molecule has 1 aromatic carbocycles. The number of rotatable bonds is 5. The number of benzene rings is 1. The van der Waals surface area contributed by atoms with Crippen LogP contribution in [0.2, 0.25) is 0 Å². The van der Waals surface area contributed by atoms with Gasteiger partial charge in [-0.2, -0.15) is 11.8 Å². The van der Waals surface area contributed by atoms with E-state index in [-0.39, 0.29) is 23.6 Å². The summed E-state index contributed by atoms with van der Waals surface area (Å²) in [5.74, 6) is -1.66. The van der Waals surface area contributed by atoms with E-state index in [9.17, 15) is 19.5 Å². The number of likely N-dealkylation sites (tertiary alicyclic amines) is 1. The smallest absolute Gasteiger partial charge is 0.368 e. The van der Waals surface area contributed by atoms with Gasteiger partial charge in [0.2, 0.25) is 17.4 Å². The van der Waals surface area contributed by atoms with E-state index in [1.165, 1.54) is 14.2 Å². The molecule has 140 valence electrons. The topological polar surface area (TPSA) is 101 Å². The summed E-state index contributed by atoms with van der Waals surface area (Å²) >= 11 is 1.58. The van der Waals surface area contributed by atoms with Gasteiger partial charge in [-0.1, -0.05) is 0 Å². The van der Waals surface area contributed by atoms with Crippen LogP contribution in [0.4, 0.5) is 0 Å². The molecular weight excluding hydrogens is 356 g/mol. The van der Waals surface area contributed by atoms with E-state index in [1.54, 1.807) is 36.0 Å². The van der Waals surface area contributed by atoms with Gasteiger partial charge in [0.15, 0.2) is 0 Å². The summed E-state index contributed by atoms with van der Waals surface area (Å²) in [6.45, 7) is 0. The Kier molecular flexibility index (Phi) is 4.98. The Bertz CT molecular complexity index is 738. The molecule has 0 spiro atoms. The van der Waals surface area contributed by atoms with Crippen LogP contribution in [0, 0.1) is 11.8 Å². The third-order valence-corrected chi connectivity index (χ3v) is 6.17. The minimum absolute atomic E-state index is 0.121. The zero-order valence-electron chi connectivity index (χ0n) is 15.0. The Hall–Kier alpha value is -2.06. The number of hydrogen-bond donors (Lipinski definition) is 2. The maximum Gasteiger partial charge on any atom is 0.368 e. The molecule has 1 aromatic rings. The molecule has 2 saturated heterocycles. The van der Waals surface area contributed by atoms with Crippen LogP contribution in [0.3, 0.4) is 0 Å². The molecular formula is C18H23N2O5S+. The van der Waals surface area contributed by atoms with Gasteiger partial charge >= 0.3 is 5.97 Å². The van der Waals surface area contributed by atoms with Crippen molar-refractivity contribution in [2.45, 2.75) is 18.0 Å². The number of phenols is 1. The number of esters is 1. The third-order valence-electron chi connectivity index (χ3n) is 5.55. The molecule has 0 aliphatic carbocycles. The second kappa shape index (κ2) is 6.92. The normalized spacial score (nSPS) is 30.6. The number of fused-ring (bicyclic) bond motifs is 1. The highest BCUT2D eigenvalue weighted by Gasteiger charge is 2.71. The molecule has 2 heterocycles. The number of nitrogens with two attached hydrogens (primary N) is 1. The van der Waals surface area contributed by atoms with Crippen molar-refractivity contribution < 1.29 is 29.5 Å². The Labute approximate surface area is 156 Å². The lowest BCUT2D eigenvalue weighted by Gasteiger charge is -2.28. The van der Waals surface area contributed by atoms with Crippen LogP contribution in [0.25, 0.3) is 0 Å². The monoisotopic (exact) mass is 379 g/mol. The molecule has 3 rings (SSSR count). The summed E-state index contributed by atoms with van der Waals surface area (Å²) < 4.78 is 5.06. The summed E-state index contributed by atoms with van der Waals surface area (Å²) in [6.07, 6.45) is 2.37. The third kappa shape index (κ3) is 2.68. The van der Waals surface area contributed by atoms with Gasteiger partial charge in [-0.25, -0.2) is 4.79 Å². The molecule has 26 heavy (non-hydrogen) atoms. The van der Waals surface area contributed by atoms with Crippen LogP contribution >= 0.6 is 11.8 Å². The Balaban J connectivity index is 2.11. The molecule has 0 saturated carbocycles. The number of thioether (sulfide) groups is 1. The van der Waals surface area contributed by atoms with Gasteiger partial charge in [0.25, 0.3) is 0 Å². The highest BCUT2D eigenvalue weighted by Crippen LogP contribution is 2.45. The lowest BCUT2D eigenvalue weighted by atomic mass is 9.78. The van der Waals surface area contributed by atoms with E-state index in [4.69, 9.17) is 4.74 Å². The average molecular weight is 379 g/mol. The first-order valence-electron chi connectivity index (χ1n) is 8.41. The largest absolute Gasteiger partial charge is 0.508 e. The Morgan fingerprint density at radius 1 is 1.31 bits per heavy atom. The predicted octanol–water partition coefficient (Wildman–Crippen LogP) is -0.0938. The molecule has 2 fully saturated rings. The van der Waals surface area contributed by atoms with E-state index in [2.05, 4.69) is 0 Å². The fourth-order valence-corrected chi connectivity index (χ4v) is 4.81. The van der Waals surface area contributed by atoms with Crippen molar-refractivity contribution in [1.82, 2.24) is 4.90 Å².